The molecule has 0 radical (unpaired) electrons. The van der Waals surface area contributed by atoms with E-state index in [-0.39, 0.29) is 29.7 Å². The normalized spacial score (nSPS) is 13.4. The Morgan fingerprint density at radius 3 is 2.64 bits per heavy atom. The quantitative estimate of drug-likeness (QED) is 0.590. The SMILES string of the molecule is CC(CCc1ccccc1F)NCC(O)c1ccc(O)c(C(=O)O)c1. The van der Waals surface area contributed by atoms with Gasteiger partial charge in [0.05, 0.1) is 6.10 Å². The summed E-state index contributed by atoms with van der Waals surface area (Å²) in [7, 11) is 0. The molecule has 0 spiro atoms. The zero-order valence-corrected chi connectivity index (χ0v) is 13.9. The highest BCUT2D eigenvalue weighted by Gasteiger charge is 2.15. The molecule has 25 heavy (non-hydrogen) atoms. The van der Waals surface area contributed by atoms with E-state index in [1.165, 1.54) is 24.3 Å². The van der Waals surface area contributed by atoms with E-state index in [9.17, 15) is 19.4 Å². The molecule has 0 fully saturated rings. The number of aliphatic hydroxyl groups is 1. The average Bonchev–Trinajstić information content (AvgIpc) is 2.59. The van der Waals surface area contributed by atoms with Crippen molar-refractivity contribution in [3.8, 4) is 5.75 Å². The van der Waals surface area contributed by atoms with E-state index < -0.39 is 12.1 Å². The number of hydrogen-bond donors (Lipinski definition) is 4. The van der Waals surface area contributed by atoms with Gasteiger partial charge in [-0.05, 0) is 49.1 Å². The first kappa shape index (κ1) is 18.9. The average molecular weight is 347 g/mol. The predicted molar refractivity (Wildman–Crippen MR) is 92.2 cm³/mol. The molecule has 0 aliphatic rings. The number of carbonyl (C=O) groups is 1. The van der Waals surface area contributed by atoms with Gasteiger partial charge in [-0.3, -0.25) is 0 Å². The summed E-state index contributed by atoms with van der Waals surface area (Å²) in [5.74, 6) is -1.81. The van der Waals surface area contributed by atoms with Crippen LogP contribution >= 0.6 is 0 Å². The summed E-state index contributed by atoms with van der Waals surface area (Å²) in [6, 6.07) is 10.7. The fourth-order valence-electron chi connectivity index (χ4n) is 2.54. The van der Waals surface area contributed by atoms with Gasteiger partial charge in [-0.15, -0.1) is 0 Å². The molecule has 2 atom stereocenters. The van der Waals surface area contributed by atoms with Crippen molar-refractivity contribution in [2.45, 2.75) is 31.9 Å². The van der Waals surface area contributed by atoms with Crippen molar-refractivity contribution in [1.29, 1.82) is 0 Å². The molecule has 0 heterocycles. The molecule has 0 aromatic heterocycles. The molecule has 2 unspecified atom stereocenters. The number of aromatic carboxylic acids is 1. The number of aryl methyl sites for hydroxylation is 1. The second-order valence-electron chi connectivity index (χ2n) is 6.04. The van der Waals surface area contributed by atoms with Crippen molar-refractivity contribution in [2.24, 2.45) is 0 Å². The number of hydrogen-bond acceptors (Lipinski definition) is 4. The molecular formula is C19H22FNO4. The Labute approximate surface area is 145 Å². The lowest BCUT2D eigenvalue weighted by Gasteiger charge is -2.18. The van der Waals surface area contributed by atoms with Crippen molar-refractivity contribution in [3.05, 3.63) is 65.0 Å². The summed E-state index contributed by atoms with van der Waals surface area (Å²) in [5.41, 5.74) is 0.814. The number of halogens is 1. The number of carboxylic acids is 1. The van der Waals surface area contributed by atoms with Crippen LogP contribution in [0.5, 0.6) is 5.75 Å². The van der Waals surface area contributed by atoms with Crippen LogP contribution in [0.25, 0.3) is 0 Å². The number of benzene rings is 2. The molecule has 6 heteroatoms. The van der Waals surface area contributed by atoms with Gasteiger partial charge in [0.2, 0.25) is 0 Å². The van der Waals surface area contributed by atoms with E-state index in [0.717, 1.165) is 0 Å². The van der Waals surface area contributed by atoms with Gasteiger partial charge in [0.1, 0.15) is 17.1 Å². The van der Waals surface area contributed by atoms with Crippen molar-refractivity contribution < 1.29 is 24.5 Å². The molecule has 0 amide bonds. The minimum Gasteiger partial charge on any atom is -0.507 e. The Morgan fingerprint density at radius 2 is 1.96 bits per heavy atom. The summed E-state index contributed by atoms with van der Waals surface area (Å²) < 4.78 is 13.6. The lowest BCUT2D eigenvalue weighted by molar-refractivity contribution is 0.0693. The van der Waals surface area contributed by atoms with Crippen LogP contribution in [0, 0.1) is 5.82 Å². The molecule has 0 saturated carbocycles. The monoisotopic (exact) mass is 347 g/mol. The summed E-state index contributed by atoms with van der Waals surface area (Å²) in [4.78, 5) is 11.0. The summed E-state index contributed by atoms with van der Waals surface area (Å²) in [5, 5.41) is 31.9. The molecule has 0 aliphatic carbocycles. The Bertz CT molecular complexity index is 735. The topological polar surface area (TPSA) is 89.8 Å². The predicted octanol–water partition coefficient (Wildman–Crippen LogP) is 2.87. The first-order valence-electron chi connectivity index (χ1n) is 8.09. The smallest absolute Gasteiger partial charge is 0.339 e. The maximum Gasteiger partial charge on any atom is 0.339 e. The van der Waals surface area contributed by atoms with Gasteiger partial charge in [0, 0.05) is 12.6 Å². The van der Waals surface area contributed by atoms with Gasteiger partial charge in [-0.25, -0.2) is 9.18 Å². The largest absolute Gasteiger partial charge is 0.507 e. The molecule has 2 aromatic carbocycles. The van der Waals surface area contributed by atoms with E-state index in [4.69, 9.17) is 5.11 Å². The number of aliphatic hydroxyl groups excluding tert-OH is 1. The molecule has 2 aromatic rings. The van der Waals surface area contributed by atoms with Crippen LogP contribution in [0.4, 0.5) is 4.39 Å². The first-order valence-corrected chi connectivity index (χ1v) is 8.09. The highest BCUT2D eigenvalue weighted by molar-refractivity contribution is 5.90. The Balaban J connectivity index is 1.87. The molecule has 0 saturated heterocycles. The standard InChI is InChI=1S/C19H22FNO4/c1-12(6-7-13-4-2-3-5-16(13)20)21-11-18(23)14-8-9-17(22)15(10-14)19(24)25/h2-5,8-10,12,18,21-23H,6-7,11H2,1H3,(H,24,25). The Hall–Kier alpha value is -2.44. The van der Waals surface area contributed by atoms with Crippen LogP contribution in [0.15, 0.2) is 42.5 Å². The Kier molecular flexibility index (Phi) is 6.50. The molecule has 0 bridgehead atoms. The maximum absolute atomic E-state index is 13.6. The van der Waals surface area contributed by atoms with Crippen LogP contribution in [0.2, 0.25) is 0 Å². The van der Waals surface area contributed by atoms with Crippen LogP contribution in [-0.4, -0.2) is 33.9 Å². The zero-order valence-electron chi connectivity index (χ0n) is 13.9. The molecular weight excluding hydrogens is 325 g/mol. The van der Waals surface area contributed by atoms with Crippen LogP contribution in [0.3, 0.4) is 0 Å². The number of aromatic hydroxyl groups is 1. The minimum atomic E-state index is -1.25. The summed E-state index contributed by atoms with van der Waals surface area (Å²) in [6.07, 6.45) is 0.373. The highest BCUT2D eigenvalue weighted by atomic mass is 19.1. The summed E-state index contributed by atoms with van der Waals surface area (Å²) in [6.45, 7) is 2.16. The molecule has 0 aliphatic heterocycles. The second kappa shape index (κ2) is 8.60. The molecule has 134 valence electrons. The van der Waals surface area contributed by atoms with Gasteiger partial charge in [0.15, 0.2) is 0 Å². The van der Waals surface area contributed by atoms with Crippen molar-refractivity contribution in [1.82, 2.24) is 5.32 Å². The number of rotatable bonds is 8. The van der Waals surface area contributed by atoms with Crippen molar-refractivity contribution in [3.63, 3.8) is 0 Å². The zero-order chi connectivity index (χ0) is 18.4. The third-order valence-corrected chi connectivity index (χ3v) is 4.10. The van der Waals surface area contributed by atoms with Crippen LogP contribution in [0.1, 0.15) is 40.9 Å². The van der Waals surface area contributed by atoms with E-state index >= 15 is 0 Å². The Morgan fingerprint density at radius 1 is 1.24 bits per heavy atom. The van der Waals surface area contributed by atoms with Crippen molar-refractivity contribution >= 4 is 5.97 Å². The van der Waals surface area contributed by atoms with Gasteiger partial charge < -0.3 is 20.6 Å². The first-order chi connectivity index (χ1) is 11.9. The molecule has 4 N–H and O–H groups in total. The minimum absolute atomic E-state index is 0.0466. The third kappa shape index (κ3) is 5.27. The lowest BCUT2D eigenvalue weighted by atomic mass is 10.0. The lowest BCUT2D eigenvalue weighted by Crippen LogP contribution is -2.31. The second-order valence-corrected chi connectivity index (χ2v) is 6.04. The summed E-state index contributed by atoms with van der Waals surface area (Å²) >= 11 is 0. The molecule has 2 rings (SSSR count). The molecule has 5 nitrogen and oxygen atoms in total. The fourth-order valence-corrected chi connectivity index (χ4v) is 2.54. The van der Waals surface area contributed by atoms with E-state index in [0.29, 0.717) is 24.0 Å². The maximum atomic E-state index is 13.6. The van der Waals surface area contributed by atoms with Gasteiger partial charge in [-0.1, -0.05) is 24.3 Å². The fraction of sp³-hybridized carbons (Fsp3) is 0.316. The highest BCUT2D eigenvalue weighted by Crippen LogP contribution is 2.22. The third-order valence-electron chi connectivity index (χ3n) is 4.10. The van der Waals surface area contributed by atoms with Gasteiger partial charge in [-0.2, -0.15) is 0 Å². The van der Waals surface area contributed by atoms with Crippen LogP contribution in [-0.2, 0) is 6.42 Å². The van der Waals surface area contributed by atoms with Gasteiger partial charge >= 0.3 is 5.97 Å². The van der Waals surface area contributed by atoms with E-state index in [1.807, 2.05) is 6.92 Å². The van der Waals surface area contributed by atoms with E-state index in [2.05, 4.69) is 5.32 Å². The number of phenols is 1. The number of carboxylic acid groups (broad SMARTS) is 1. The van der Waals surface area contributed by atoms with E-state index in [1.54, 1.807) is 18.2 Å². The number of nitrogens with one attached hydrogen (secondary N) is 1. The van der Waals surface area contributed by atoms with Crippen LogP contribution < -0.4 is 5.32 Å². The van der Waals surface area contributed by atoms with Crippen molar-refractivity contribution in [2.75, 3.05) is 6.54 Å². The van der Waals surface area contributed by atoms with Gasteiger partial charge in [0.25, 0.3) is 0 Å².